The van der Waals surface area contributed by atoms with E-state index >= 15 is 0 Å². The molecule has 8 heteroatoms. The van der Waals surface area contributed by atoms with E-state index in [1.165, 1.54) is 0 Å². The lowest BCUT2D eigenvalue weighted by atomic mass is 10.0. The monoisotopic (exact) mass is 337 g/mol. The number of anilines is 1. The molecule has 3 rings (SSSR count). The van der Waals surface area contributed by atoms with Crippen LogP contribution in [0.5, 0.6) is 0 Å². The number of aromatic nitrogens is 1. The van der Waals surface area contributed by atoms with Crippen molar-refractivity contribution in [2.75, 3.05) is 5.73 Å². The summed E-state index contributed by atoms with van der Waals surface area (Å²) in [4.78, 5) is 14.8. The lowest BCUT2D eigenvalue weighted by Gasteiger charge is -2.16. The molecule has 0 saturated heterocycles. The van der Waals surface area contributed by atoms with Crippen LogP contribution >= 0.6 is 0 Å². The summed E-state index contributed by atoms with van der Waals surface area (Å²) in [6.07, 6.45) is -3.23. The minimum atomic E-state index is -4.49. The molecule has 0 atom stereocenters. The second-order valence-electron chi connectivity index (χ2n) is 5.65. The lowest BCUT2D eigenvalue weighted by molar-refractivity contribution is -0.137. The van der Waals surface area contributed by atoms with Gasteiger partial charge in [-0.15, -0.1) is 0 Å². The molecule has 0 unspecified atom stereocenters. The Morgan fingerprint density at radius 2 is 1.83 bits per heavy atom. The minimum absolute atomic E-state index is 0.0629. The second-order valence-corrected chi connectivity index (χ2v) is 5.65. The maximum atomic E-state index is 12.7. The molecule has 1 heterocycles. The summed E-state index contributed by atoms with van der Waals surface area (Å²) in [7, 11) is 0. The molecule has 1 aliphatic carbocycles. The molecular formula is C16H14F3N3O2. The first-order valence-electron chi connectivity index (χ1n) is 7.13. The molecule has 4 N–H and O–H groups in total. The zero-order valence-corrected chi connectivity index (χ0v) is 12.4. The summed E-state index contributed by atoms with van der Waals surface area (Å²) in [5.41, 5.74) is 10.7. The lowest BCUT2D eigenvalue weighted by Crippen LogP contribution is -2.22. The Kier molecular flexibility index (Phi) is 3.62. The number of nitrogen functional groups attached to an aromatic ring is 1. The van der Waals surface area contributed by atoms with E-state index < -0.39 is 23.4 Å². The highest BCUT2D eigenvalue weighted by Crippen LogP contribution is 2.49. The molecule has 0 spiro atoms. The molecule has 5 nitrogen and oxygen atoms in total. The number of alkyl halides is 3. The second kappa shape index (κ2) is 5.40. The number of carbonyl (C=O) groups excluding carboxylic acids is 1. The van der Waals surface area contributed by atoms with Crippen LogP contribution in [0, 0.1) is 0 Å². The molecule has 0 bridgehead atoms. The average Bonchev–Trinajstić information content (AvgIpc) is 3.26. The Balaban J connectivity index is 1.88. The maximum Gasteiger partial charge on any atom is 0.417 e. The van der Waals surface area contributed by atoms with E-state index in [-0.39, 0.29) is 11.4 Å². The first-order chi connectivity index (χ1) is 11.2. The molecule has 126 valence electrons. The molecule has 1 saturated carbocycles. The number of primary amides is 1. The number of nitrogens with two attached hydrogens (primary N) is 2. The minimum Gasteiger partial charge on any atom is -0.438 e. The van der Waals surface area contributed by atoms with Crippen molar-refractivity contribution in [2.24, 2.45) is 5.73 Å². The van der Waals surface area contributed by atoms with Gasteiger partial charge in [0.05, 0.1) is 16.9 Å². The van der Waals surface area contributed by atoms with Gasteiger partial charge in [-0.2, -0.15) is 13.2 Å². The molecule has 1 aromatic carbocycles. The normalized spacial score (nSPS) is 15.8. The molecule has 1 fully saturated rings. The van der Waals surface area contributed by atoms with Gasteiger partial charge in [-0.1, -0.05) is 24.3 Å². The van der Waals surface area contributed by atoms with Gasteiger partial charge in [0.25, 0.3) is 0 Å². The fourth-order valence-electron chi connectivity index (χ4n) is 2.57. The van der Waals surface area contributed by atoms with Crippen molar-refractivity contribution in [1.82, 2.24) is 4.98 Å². The van der Waals surface area contributed by atoms with Crippen LogP contribution < -0.4 is 11.5 Å². The standard InChI is InChI=1S/C16H14F3N3O2/c17-16(18,19)11-7-12(20)13(22-8-11)9-1-3-10(4-2-9)15(5-6-15)24-14(21)23/h1-4,7-8H,5-6,20H2,(H2,21,23). The van der Waals surface area contributed by atoms with Gasteiger partial charge in [0.2, 0.25) is 0 Å². The molecule has 1 amide bonds. The Bertz CT molecular complexity index is 784. The van der Waals surface area contributed by atoms with Crippen molar-refractivity contribution in [2.45, 2.75) is 24.6 Å². The van der Waals surface area contributed by atoms with Crippen molar-refractivity contribution in [1.29, 1.82) is 0 Å². The quantitative estimate of drug-likeness (QED) is 0.897. The third-order valence-electron chi connectivity index (χ3n) is 3.93. The maximum absolute atomic E-state index is 12.7. The Labute approximate surface area is 135 Å². The molecule has 2 aromatic rings. The van der Waals surface area contributed by atoms with Gasteiger partial charge in [-0.25, -0.2) is 4.79 Å². The third-order valence-corrected chi connectivity index (χ3v) is 3.93. The van der Waals surface area contributed by atoms with Crippen LogP contribution in [-0.4, -0.2) is 11.1 Å². The van der Waals surface area contributed by atoms with Crippen LogP contribution in [-0.2, 0) is 16.5 Å². The molecular weight excluding hydrogens is 323 g/mol. The van der Waals surface area contributed by atoms with Crippen LogP contribution in [0.15, 0.2) is 36.5 Å². The van der Waals surface area contributed by atoms with Gasteiger partial charge in [0, 0.05) is 11.8 Å². The topological polar surface area (TPSA) is 91.2 Å². The zero-order valence-electron chi connectivity index (χ0n) is 12.4. The van der Waals surface area contributed by atoms with Crippen molar-refractivity contribution >= 4 is 11.8 Å². The van der Waals surface area contributed by atoms with Gasteiger partial charge in [0.1, 0.15) is 5.60 Å². The number of rotatable bonds is 3. The van der Waals surface area contributed by atoms with Crippen molar-refractivity contribution in [3.63, 3.8) is 0 Å². The van der Waals surface area contributed by atoms with Crippen LogP contribution in [0.2, 0.25) is 0 Å². The van der Waals surface area contributed by atoms with Gasteiger partial charge in [-0.3, -0.25) is 4.98 Å². The van der Waals surface area contributed by atoms with Gasteiger partial charge < -0.3 is 16.2 Å². The first kappa shape index (κ1) is 16.1. The number of ether oxygens (including phenoxy) is 1. The zero-order chi connectivity index (χ0) is 17.5. The molecule has 0 radical (unpaired) electrons. The van der Waals surface area contributed by atoms with E-state index in [0.717, 1.165) is 17.8 Å². The Morgan fingerprint density at radius 1 is 1.21 bits per heavy atom. The molecule has 24 heavy (non-hydrogen) atoms. The summed E-state index contributed by atoms with van der Waals surface area (Å²) >= 11 is 0. The largest absolute Gasteiger partial charge is 0.438 e. The predicted molar refractivity (Wildman–Crippen MR) is 80.7 cm³/mol. The smallest absolute Gasteiger partial charge is 0.417 e. The predicted octanol–water partition coefficient (Wildman–Crippen LogP) is 3.43. The van der Waals surface area contributed by atoms with Gasteiger partial charge in [-0.05, 0) is 24.5 Å². The van der Waals surface area contributed by atoms with Crippen molar-refractivity contribution in [3.05, 3.63) is 47.7 Å². The fourth-order valence-corrected chi connectivity index (χ4v) is 2.57. The van der Waals surface area contributed by atoms with Crippen molar-refractivity contribution in [3.8, 4) is 11.3 Å². The fraction of sp³-hybridized carbons (Fsp3) is 0.250. The molecule has 1 aliphatic rings. The number of benzene rings is 1. The summed E-state index contributed by atoms with van der Waals surface area (Å²) in [5, 5.41) is 0. The van der Waals surface area contributed by atoms with E-state index in [9.17, 15) is 18.0 Å². The summed E-state index contributed by atoms with van der Waals surface area (Å²) in [5.74, 6) is 0. The van der Waals surface area contributed by atoms with E-state index in [1.54, 1.807) is 24.3 Å². The number of nitrogens with zero attached hydrogens (tertiary/aromatic N) is 1. The van der Waals surface area contributed by atoms with E-state index in [0.29, 0.717) is 18.4 Å². The van der Waals surface area contributed by atoms with Crippen LogP contribution in [0.4, 0.5) is 23.7 Å². The highest BCUT2D eigenvalue weighted by Gasteiger charge is 2.48. The number of carbonyl (C=O) groups is 1. The van der Waals surface area contributed by atoms with Crippen LogP contribution in [0.1, 0.15) is 24.0 Å². The Morgan fingerprint density at radius 3 is 2.29 bits per heavy atom. The van der Waals surface area contributed by atoms with Gasteiger partial charge in [0.15, 0.2) is 0 Å². The van der Waals surface area contributed by atoms with Crippen LogP contribution in [0.25, 0.3) is 11.3 Å². The SMILES string of the molecule is NC(=O)OC1(c2ccc(-c3ncc(C(F)(F)F)cc3N)cc2)CC1. The van der Waals surface area contributed by atoms with Crippen LogP contribution in [0.3, 0.4) is 0 Å². The Hall–Kier alpha value is -2.77. The first-order valence-corrected chi connectivity index (χ1v) is 7.13. The van der Waals surface area contributed by atoms with E-state index in [2.05, 4.69) is 4.98 Å². The highest BCUT2D eigenvalue weighted by atomic mass is 19.4. The van der Waals surface area contributed by atoms with Gasteiger partial charge >= 0.3 is 12.3 Å². The van der Waals surface area contributed by atoms with E-state index in [1.807, 2.05) is 0 Å². The number of amides is 1. The highest BCUT2D eigenvalue weighted by molar-refractivity contribution is 5.73. The summed E-state index contributed by atoms with van der Waals surface area (Å²) in [6, 6.07) is 7.65. The molecule has 0 aliphatic heterocycles. The summed E-state index contributed by atoms with van der Waals surface area (Å²) < 4.78 is 43.1. The van der Waals surface area contributed by atoms with Crippen molar-refractivity contribution < 1.29 is 22.7 Å². The van der Waals surface area contributed by atoms with E-state index in [4.69, 9.17) is 16.2 Å². The number of hydrogen-bond acceptors (Lipinski definition) is 4. The summed E-state index contributed by atoms with van der Waals surface area (Å²) in [6.45, 7) is 0. The number of hydrogen-bond donors (Lipinski definition) is 2. The average molecular weight is 337 g/mol. The number of halogens is 3. The molecule has 1 aromatic heterocycles. The third kappa shape index (κ3) is 2.99. The number of pyridine rings is 1.